The van der Waals surface area contributed by atoms with Crippen LogP contribution >= 0.6 is 0 Å². The third-order valence-corrected chi connectivity index (χ3v) is 3.97. The number of nitrogens with one attached hydrogen (secondary N) is 1. The molecule has 0 saturated carbocycles. The summed E-state index contributed by atoms with van der Waals surface area (Å²) in [5.74, 6) is 0.0850. The topological polar surface area (TPSA) is 45.2 Å². The van der Waals surface area contributed by atoms with Gasteiger partial charge in [-0.2, -0.15) is 0 Å². The molecule has 1 aromatic rings. The van der Waals surface area contributed by atoms with Crippen LogP contribution in [0.5, 0.6) is 0 Å². The summed E-state index contributed by atoms with van der Waals surface area (Å²) in [6.07, 6.45) is 7.47. The molecule has 1 unspecified atom stereocenters. The van der Waals surface area contributed by atoms with Crippen LogP contribution in [0.2, 0.25) is 0 Å². The van der Waals surface area contributed by atoms with Gasteiger partial charge in [-0.1, -0.05) is 19.8 Å². The highest BCUT2D eigenvalue weighted by Crippen LogP contribution is 2.21. The van der Waals surface area contributed by atoms with E-state index in [9.17, 15) is 4.79 Å². The third kappa shape index (κ3) is 3.50. The van der Waals surface area contributed by atoms with E-state index in [1.807, 2.05) is 24.0 Å². The van der Waals surface area contributed by atoms with Crippen LogP contribution in [0.1, 0.15) is 56.4 Å². The molecular formula is C16H25N3O. The van der Waals surface area contributed by atoms with Crippen molar-refractivity contribution < 1.29 is 4.79 Å². The minimum absolute atomic E-state index is 0.0850. The second-order valence-electron chi connectivity index (χ2n) is 5.37. The zero-order valence-electron chi connectivity index (χ0n) is 12.6. The summed E-state index contributed by atoms with van der Waals surface area (Å²) in [6.45, 7) is 5.94. The molecule has 1 aliphatic heterocycles. The maximum atomic E-state index is 12.6. The van der Waals surface area contributed by atoms with Crippen LogP contribution in [0.4, 0.5) is 5.69 Å². The summed E-state index contributed by atoms with van der Waals surface area (Å²) < 4.78 is 0. The lowest BCUT2D eigenvalue weighted by atomic mass is 10.1. The number of pyridine rings is 1. The van der Waals surface area contributed by atoms with Crippen molar-refractivity contribution in [3.63, 3.8) is 0 Å². The average Bonchev–Trinajstić information content (AvgIpc) is 2.72. The molecule has 1 fully saturated rings. The van der Waals surface area contributed by atoms with Crippen molar-refractivity contribution in [2.24, 2.45) is 0 Å². The van der Waals surface area contributed by atoms with Gasteiger partial charge in [0.05, 0.1) is 11.9 Å². The second-order valence-corrected chi connectivity index (χ2v) is 5.37. The molecule has 1 saturated heterocycles. The Kier molecular flexibility index (Phi) is 5.39. The van der Waals surface area contributed by atoms with Crippen LogP contribution < -0.4 is 5.32 Å². The van der Waals surface area contributed by atoms with Gasteiger partial charge >= 0.3 is 0 Å². The molecule has 110 valence electrons. The van der Waals surface area contributed by atoms with E-state index in [0.29, 0.717) is 11.7 Å². The molecule has 4 nitrogen and oxygen atoms in total. The van der Waals surface area contributed by atoms with Crippen molar-refractivity contribution in [3.8, 4) is 0 Å². The largest absolute Gasteiger partial charge is 0.384 e. The highest BCUT2D eigenvalue weighted by molar-refractivity contribution is 5.92. The number of likely N-dealkylation sites (tertiary alicyclic amines) is 1. The van der Waals surface area contributed by atoms with Gasteiger partial charge in [-0.15, -0.1) is 0 Å². The summed E-state index contributed by atoms with van der Waals surface area (Å²) in [4.78, 5) is 19.0. The average molecular weight is 275 g/mol. The Labute approximate surface area is 121 Å². The van der Waals surface area contributed by atoms with E-state index in [1.54, 1.807) is 6.20 Å². The van der Waals surface area contributed by atoms with Crippen molar-refractivity contribution >= 4 is 11.6 Å². The Morgan fingerprint density at radius 3 is 2.85 bits per heavy atom. The van der Waals surface area contributed by atoms with Gasteiger partial charge in [0.1, 0.15) is 5.69 Å². The van der Waals surface area contributed by atoms with Crippen molar-refractivity contribution in [1.82, 2.24) is 9.88 Å². The number of nitrogens with zero attached hydrogens (tertiary/aromatic N) is 2. The molecule has 0 aromatic carbocycles. The summed E-state index contributed by atoms with van der Waals surface area (Å²) in [6, 6.07) is 4.14. The minimum Gasteiger partial charge on any atom is -0.384 e. The smallest absolute Gasteiger partial charge is 0.272 e. The van der Waals surface area contributed by atoms with Crippen molar-refractivity contribution in [2.75, 3.05) is 18.4 Å². The summed E-state index contributed by atoms with van der Waals surface area (Å²) >= 11 is 0. The van der Waals surface area contributed by atoms with Crippen molar-refractivity contribution in [1.29, 1.82) is 0 Å². The summed E-state index contributed by atoms with van der Waals surface area (Å²) in [7, 11) is 0. The van der Waals surface area contributed by atoms with Gasteiger partial charge in [0.15, 0.2) is 0 Å². The second kappa shape index (κ2) is 7.27. The number of aromatic nitrogens is 1. The standard InChI is InChI=1S/C16H25N3O/c1-3-14-8-6-5-7-11-19(14)16(20)15-10-9-13(12-18-15)17-4-2/h9-10,12,14,17H,3-8,11H2,1-2H3. The number of anilines is 1. The third-order valence-electron chi connectivity index (χ3n) is 3.97. The fourth-order valence-corrected chi connectivity index (χ4v) is 2.85. The van der Waals surface area contributed by atoms with Gasteiger partial charge in [0.2, 0.25) is 0 Å². The molecular weight excluding hydrogens is 250 g/mol. The van der Waals surface area contributed by atoms with E-state index in [-0.39, 0.29) is 5.91 Å². The van der Waals surface area contributed by atoms with Crippen LogP contribution in [0.3, 0.4) is 0 Å². The SMILES string of the molecule is CCNc1ccc(C(=O)N2CCCCCC2CC)nc1. The van der Waals surface area contributed by atoms with E-state index in [1.165, 1.54) is 12.8 Å². The highest BCUT2D eigenvalue weighted by atomic mass is 16.2. The van der Waals surface area contributed by atoms with Gasteiger partial charge in [0.25, 0.3) is 5.91 Å². The monoisotopic (exact) mass is 275 g/mol. The molecule has 20 heavy (non-hydrogen) atoms. The molecule has 0 aliphatic carbocycles. The molecule has 1 amide bonds. The van der Waals surface area contributed by atoms with E-state index in [4.69, 9.17) is 0 Å². The first-order valence-corrected chi connectivity index (χ1v) is 7.77. The molecule has 1 aliphatic rings. The van der Waals surface area contributed by atoms with Crippen LogP contribution in [0, 0.1) is 0 Å². The predicted molar refractivity (Wildman–Crippen MR) is 82.0 cm³/mol. The zero-order valence-corrected chi connectivity index (χ0v) is 12.6. The fourth-order valence-electron chi connectivity index (χ4n) is 2.85. The van der Waals surface area contributed by atoms with Crippen LogP contribution in [0.25, 0.3) is 0 Å². The number of hydrogen-bond acceptors (Lipinski definition) is 3. The molecule has 2 rings (SSSR count). The molecule has 2 heterocycles. The fraction of sp³-hybridized carbons (Fsp3) is 0.625. The molecule has 4 heteroatoms. The number of carbonyl (C=O) groups excluding carboxylic acids is 1. The highest BCUT2D eigenvalue weighted by Gasteiger charge is 2.25. The maximum Gasteiger partial charge on any atom is 0.272 e. The van der Waals surface area contributed by atoms with Crippen LogP contribution in [0.15, 0.2) is 18.3 Å². The lowest BCUT2D eigenvalue weighted by Gasteiger charge is -2.29. The Bertz CT molecular complexity index is 430. The molecule has 0 spiro atoms. The Balaban J connectivity index is 2.11. The number of amides is 1. The Morgan fingerprint density at radius 2 is 2.20 bits per heavy atom. The quantitative estimate of drug-likeness (QED) is 0.917. The van der Waals surface area contributed by atoms with E-state index in [2.05, 4.69) is 17.2 Å². The van der Waals surface area contributed by atoms with Gasteiger partial charge in [-0.05, 0) is 38.3 Å². The first-order chi connectivity index (χ1) is 9.76. The summed E-state index contributed by atoms with van der Waals surface area (Å²) in [5, 5.41) is 3.20. The van der Waals surface area contributed by atoms with E-state index < -0.39 is 0 Å². The van der Waals surface area contributed by atoms with Gasteiger partial charge in [-0.25, -0.2) is 4.98 Å². The first kappa shape index (κ1) is 14.8. The lowest BCUT2D eigenvalue weighted by molar-refractivity contribution is 0.0672. The summed E-state index contributed by atoms with van der Waals surface area (Å²) in [5.41, 5.74) is 1.53. The predicted octanol–water partition coefficient (Wildman–Crippen LogP) is 3.31. The van der Waals surface area contributed by atoms with Gasteiger partial charge < -0.3 is 10.2 Å². The molecule has 1 aromatic heterocycles. The Hall–Kier alpha value is -1.58. The van der Waals surface area contributed by atoms with Gasteiger partial charge in [0, 0.05) is 19.1 Å². The first-order valence-electron chi connectivity index (χ1n) is 7.77. The van der Waals surface area contributed by atoms with Crippen LogP contribution in [-0.4, -0.2) is 34.9 Å². The van der Waals surface area contributed by atoms with Crippen molar-refractivity contribution in [3.05, 3.63) is 24.0 Å². The Morgan fingerprint density at radius 1 is 1.35 bits per heavy atom. The molecule has 0 bridgehead atoms. The number of rotatable bonds is 4. The van der Waals surface area contributed by atoms with Crippen molar-refractivity contribution in [2.45, 2.75) is 52.0 Å². The number of hydrogen-bond donors (Lipinski definition) is 1. The van der Waals surface area contributed by atoms with Crippen LogP contribution in [-0.2, 0) is 0 Å². The zero-order chi connectivity index (χ0) is 14.4. The van der Waals surface area contributed by atoms with E-state index in [0.717, 1.165) is 38.0 Å². The normalized spacial score (nSPS) is 19.5. The lowest BCUT2D eigenvalue weighted by Crippen LogP contribution is -2.40. The maximum absolute atomic E-state index is 12.6. The molecule has 0 radical (unpaired) electrons. The minimum atomic E-state index is 0.0850. The molecule has 1 N–H and O–H groups in total. The van der Waals surface area contributed by atoms with E-state index >= 15 is 0 Å². The molecule has 1 atom stereocenters. The number of carbonyl (C=O) groups is 1. The van der Waals surface area contributed by atoms with Gasteiger partial charge in [-0.3, -0.25) is 4.79 Å².